The van der Waals surface area contributed by atoms with Crippen LogP contribution in [0.25, 0.3) is 0 Å². The first-order valence-corrected chi connectivity index (χ1v) is 7.94. The molecule has 0 saturated carbocycles. The SMILES string of the molecule is Cc1cccc(CC(=O)N2CCC(c3ccnn3C)CC2)c1. The third-order valence-corrected chi connectivity index (χ3v) is 4.56. The van der Waals surface area contributed by atoms with Crippen molar-refractivity contribution in [1.29, 1.82) is 0 Å². The van der Waals surface area contributed by atoms with Crippen molar-refractivity contribution in [3.8, 4) is 0 Å². The average Bonchev–Trinajstić information content (AvgIpc) is 2.93. The quantitative estimate of drug-likeness (QED) is 0.873. The molecule has 1 saturated heterocycles. The molecule has 1 aliphatic rings. The van der Waals surface area contributed by atoms with E-state index in [0.717, 1.165) is 31.5 Å². The van der Waals surface area contributed by atoms with Gasteiger partial charge in [-0.3, -0.25) is 9.48 Å². The van der Waals surface area contributed by atoms with Gasteiger partial charge in [-0.25, -0.2) is 0 Å². The summed E-state index contributed by atoms with van der Waals surface area (Å²) in [7, 11) is 1.99. The van der Waals surface area contributed by atoms with E-state index in [-0.39, 0.29) is 5.91 Å². The molecule has 2 heterocycles. The molecule has 0 aliphatic carbocycles. The van der Waals surface area contributed by atoms with Gasteiger partial charge in [0.2, 0.25) is 5.91 Å². The number of amides is 1. The second-order valence-electron chi connectivity index (χ2n) is 6.20. The molecule has 1 fully saturated rings. The number of aryl methyl sites for hydroxylation is 2. The molecule has 0 atom stereocenters. The van der Waals surface area contributed by atoms with Crippen LogP contribution in [0, 0.1) is 6.92 Å². The molecule has 0 radical (unpaired) electrons. The topological polar surface area (TPSA) is 38.1 Å². The summed E-state index contributed by atoms with van der Waals surface area (Å²) in [5.74, 6) is 0.768. The Morgan fingerprint density at radius 3 is 2.68 bits per heavy atom. The van der Waals surface area contributed by atoms with Crippen molar-refractivity contribution in [2.24, 2.45) is 7.05 Å². The monoisotopic (exact) mass is 297 g/mol. The van der Waals surface area contributed by atoms with Gasteiger partial charge in [0.1, 0.15) is 0 Å². The maximum absolute atomic E-state index is 12.4. The molecule has 2 aromatic rings. The average molecular weight is 297 g/mol. The van der Waals surface area contributed by atoms with Crippen LogP contribution in [0.2, 0.25) is 0 Å². The van der Waals surface area contributed by atoms with Gasteiger partial charge in [0.25, 0.3) is 0 Å². The summed E-state index contributed by atoms with van der Waals surface area (Å²) in [6.45, 7) is 3.76. The van der Waals surface area contributed by atoms with E-state index in [9.17, 15) is 4.79 Å². The number of aromatic nitrogens is 2. The van der Waals surface area contributed by atoms with Gasteiger partial charge in [-0.1, -0.05) is 29.8 Å². The smallest absolute Gasteiger partial charge is 0.226 e. The Morgan fingerprint density at radius 1 is 1.27 bits per heavy atom. The zero-order valence-electron chi connectivity index (χ0n) is 13.3. The van der Waals surface area contributed by atoms with Crippen LogP contribution in [0.4, 0.5) is 0 Å². The summed E-state index contributed by atoms with van der Waals surface area (Å²) in [5, 5.41) is 4.25. The number of likely N-dealkylation sites (tertiary alicyclic amines) is 1. The first-order chi connectivity index (χ1) is 10.6. The van der Waals surface area contributed by atoms with Crippen LogP contribution in [0.1, 0.15) is 35.6 Å². The number of nitrogens with zero attached hydrogens (tertiary/aromatic N) is 3. The number of hydrogen-bond donors (Lipinski definition) is 0. The summed E-state index contributed by atoms with van der Waals surface area (Å²) in [5.41, 5.74) is 3.60. The van der Waals surface area contributed by atoms with Gasteiger partial charge in [0.05, 0.1) is 6.42 Å². The van der Waals surface area contributed by atoms with Crippen molar-refractivity contribution >= 4 is 5.91 Å². The summed E-state index contributed by atoms with van der Waals surface area (Å²) in [4.78, 5) is 14.5. The molecule has 4 heteroatoms. The highest BCUT2D eigenvalue weighted by Crippen LogP contribution is 2.27. The maximum Gasteiger partial charge on any atom is 0.226 e. The van der Waals surface area contributed by atoms with Crippen molar-refractivity contribution in [1.82, 2.24) is 14.7 Å². The molecular formula is C18H23N3O. The van der Waals surface area contributed by atoms with E-state index < -0.39 is 0 Å². The molecule has 116 valence electrons. The van der Waals surface area contributed by atoms with Crippen molar-refractivity contribution in [3.05, 3.63) is 53.3 Å². The van der Waals surface area contributed by atoms with Gasteiger partial charge in [-0.05, 0) is 31.4 Å². The highest BCUT2D eigenvalue weighted by molar-refractivity contribution is 5.78. The van der Waals surface area contributed by atoms with E-state index in [4.69, 9.17) is 0 Å². The van der Waals surface area contributed by atoms with Crippen molar-refractivity contribution < 1.29 is 4.79 Å². The largest absolute Gasteiger partial charge is 0.342 e. The lowest BCUT2D eigenvalue weighted by Crippen LogP contribution is -2.39. The zero-order valence-corrected chi connectivity index (χ0v) is 13.3. The Hall–Kier alpha value is -2.10. The Bertz CT molecular complexity index is 654. The van der Waals surface area contributed by atoms with Gasteiger partial charge in [-0.15, -0.1) is 0 Å². The minimum Gasteiger partial charge on any atom is -0.342 e. The molecule has 0 unspecified atom stereocenters. The minimum atomic E-state index is 0.244. The van der Waals surface area contributed by atoms with Crippen LogP contribution < -0.4 is 0 Å². The van der Waals surface area contributed by atoms with Crippen molar-refractivity contribution in [2.75, 3.05) is 13.1 Å². The summed E-state index contributed by atoms with van der Waals surface area (Å²) in [6.07, 6.45) is 4.42. The van der Waals surface area contributed by atoms with Gasteiger partial charge in [0.15, 0.2) is 0 Å². The van der Waals surface area contributed by atoms with Crippen LogP contribution >= 0.6 is 0 Å². The molecule has 0 bridgehead atoms. The Balaban J connectivity index is 1.57. The molecule has 1 aromatic heterocycles. The molecule has 3 rings (SSSR count). The van der Waals surface area contributed by atoms with E-state index in [0.29, 0.717) is 12.3 Å². The number of hydrogen-bond acceptors (Lipinski definition) is 2. The van der Waals surface area contributed by atoms with Crippen molar-refractivity contribution in [3.63, 3.8) is 0 Å². The summed E-state index contributed by atoms with van der Waals surface area (Å²) >= 11 is 0. The van der Waals surface area contributed by atoms with Crippen LogP contribution in [-0.4, -0.2) is 33.7 Å². The first-order valence-electron chi connectivity index (χ1n) is 7.94. The fraction of sp³-hybridized carbons (Fsp3) is 0.444. The zero-order chi connectivity index (χ0) is 15.5. The number of carbonyl (C=O) groups excluding carboxylic acids is 1. The Kier molecular flexibility index (Phi) is 4.27. The summed E-state index contributed by atoms with van der Waals surface area (Å²) < 4.78 is 1.95. The van der Waals surface area contributed by atoms with E-state index in [2.05, 4.69) is 30.2 Å². The highest BCUT2D eigenvalue weighted by Gasteiger charge is 2.25. The molecule has 22 heavy (non-hydrogen) atoms. The second kappa shape index (κ2) is 6.34. The molecular weight excluding hydrogens is 274 g/mol. The second-order valence-corrected chi connectivity index (χ2v) is 6.20. The van der Waals surface area contributed by atoms with Gasteiger partial charge < -0.3 is 4.90 Å². The Morgan fingerprint density at radius 2 is 2.05 bits per heavy atom. The van der Waals surface area contributed by atoms with E-state index in [1.807, 2.05) is 35.0 Å². The fourth-order valence-corrected chi connectivity index (χ4v) is 3.32. The number of piperidine rings is 1. The number of rotatable bonds is 3. The molecule has 0 N–H and O–H groups in total. The van der Waals surface area contributed by atoms with Crippen LogP contribution in [0.5, 0.6) is 0 Å². The molecule has 0 spiro atoms. The van der Waals surface area contributed by atoms with E-state index >= 15 is 0 Å². The first kappa shape index (κ1) is 14.8. The predicted octanol–water partition coefficient (Wildman–Crippen LogP) is 2.68. The molecule has 1 aliphatic heterocycles. The standard InChI is InChI=1S/C18H23N3O/c1-14-4-3-5-15(12-14)13-18(22)21-10-7-16(8-11-21)17-6-9-19-20(17)2/h3-6,9,12,16H,7-8,10-11,13H2,1-2H3. The molecule has 1 amide bonds. The van der Waals surface area contributed by atoms with Crippen LogP contribution in [0.15, 0.2) is 36.5 Å². The fourth-order valence-electron chi connectivity index (χ4n) is 3.32. The van der Waals surface area contributed by atoms with E-state index in [1.54, 1.807) is 0 Å². The van der Waals surface area contributed by atoms with Crippen LogP contribution in [-0.2, 0) is 18.3 Å². The van der Waals surface area contributed by atoms with E-state index in [1.165, 1.54) is 11.3 Å². The predicted molar refractivity (Wildman–Crippen MR) is 86.6 cm³/mol. The normalized spacial score (nSPS) is 16.0. The Labute approximate surface area is 131 Å². The lowest BCUT2D eigenvalue weighted by Gasteiger charge is -2.32. The van der Waals surface area contributed by atoms with Gasteiger partial charge in [0, 0.05) is 37.9 Å². The van der Waals surface area contributed by atoms with Crippen LogP contribution in [0.3, 0.4) is 0 Å². The maximum atomic E-state index is 12.4. The van der Waals surface area contributed by atoms with Crippen molar-refractivity contribution in [2.45, 2.75) is 32.1 Å². The third kappa shape index (κ3) is 3.21. The lowest BCUT2D eigenvalue weighted by atomic mass is 9.93. The summed E-state index contributed by atoms with van der Waals surface area (Å²) in [6, 6.07) is 10.3. The molecule has 1 aromatic carbocycles. The minimum absolute atomic E-state index is 0.244. The van der Waals surface area contributed by atoms with Gasteiger partial charge >= 0.3 is 0 Å². The third-order valence-electron chi connectivity index (χ3n) is 4.56. The highest BCUT2D eigenvalue weighted by atomic mass is 16.2. The number of carbonyl (C=O) groups is 1. The lowest BCUT2D eigenvalue weighted by molar-refractivity contribution is -0.131. The number of benzene rings is 1. The van der Waals surface area contributed by atoms with Gasteiger partial charge in [-0.2, -0.15) is 5.10 Å². The molecule has 4 nitrogen and oxygen atoms in total.